The molecule has 0 aromatic heterocycles. The Hall–Kier alpha value is -4.68. The molecule has 0 fully saturated rings. The quantitative estimate of drug-likeness (QED) is 0.172. The summed E-state index contributed by atoms with van der Waals surface area (Å²) in [5, 5.41) is 6.21. The number of likely N-dealkylation sites (N-methyl/N-ethyl adjacent to an activating group) is 1. The zero-order chi connectivity index (χ0) is 38.6. The van der Waals surface area contributed by atoms with E-state index in [1.165, 1.54) is 84.0 Å². The third-order valence-corrected chi connectivity index (χ3v) is 12.9. The van der Waals surface area contributed by atoms with E-state index in [2.05, 4.69) is 144 Å². The number of fused-ring (bicyclic) bond motifs is 6. The second kappa shape index (κ2) is 14.2. The predicted octanol–water partition coefficient (Wildman–Crippen LogP) is 12.4. The molecule has 5 aromatic carbocycles. The summed E-state index contributed by atoms with van der Waals surface area (Å²) in [5.74, 6) is 0. The number of anilines is 1. The van der Waals surface area contributed by atoms with Gasteiger partial charge in [-0.1, -0.05) is 142 Å². The number of allylic oxidation sites excluding steroid dienone is 10. The molecule has 6 heteroatoms. The maximum absolute atomic E-state index is 10.4. The van der Waals surface area contributed by atoms with Crippen LogP contribution in [-0.2, 0) is 20.9 Å². The van der Waals surface area contributed by atoms with E-state index in [0.29, 0.717) is 0 Å². The average molecular weight is 753 g/mol. The summed E-state index contributed by atoms with van der Waals surface area (Å²) in [6.07, 6.45) is 12.4. The predicted molar refractivity (Wildman–Crippen MR) is 226 cm³/mol. The smallest absolute Gasteiger partial charge is 0.124 e. The SMILES string of the molecule is CC1=C(/C=C/C2=C(Cl)C(=C/C=C3/N(C)c4ccc5ccccc5c4C3(C)C)CCC2)C(C)(C)c2c1ccc1ccccc21.Cc1ccc(S(=O)(=O)[O-])cc1. The van der Waals surface area contributed by atoms with Crippen LogP contribution in [0.2, 0.25) is 0 Å². The molecular weight excluding hydrogens is 706 g/mol. The third-order valence-electron chi connectivity index (χ3n) is 11.6. The van der Waals surface area contributed by atoms with Crippen LogP contribution in [0.25, 0.3) is 27.1 Å². The summed E-state index contributed by atoms with van der Waals surface area (Å²) < 4.78 is 31.2. The largest absolute Gasteiger partial charge is 0.744 e. The van der Waals surface area contributed by atoms with Crippen LogP contribution in [0.3, 0.4) is 0 Å². The molecule has 276 valence electrons. The highest BCUT2D eigenvalue weighted by Crippen LogP contribution is 2.51. The fourth-order valence-electron chi connectivity index (χ4n) is 8.81. The van der Waals surface area contributed by atoms with Crippen molar-refractivity contribution in [3.63, 3.8) is 0 Å². The van der Waals surface area contributed by atoms with Gasteiger partial charge < -0.3 is 9.45 Å². The van der Waals surface area contributed by atoms with Gasteiger partial charge in [0, 0.05) is 34.3 Å². The molecular formula is C48H47ClNO3S-. The molecule has 0 spiro atoms. The van der Waals surface area contributed by atoms with Gasteiger partial charge in [0.1, 0.15) is 10.1 Å². The minimum atomic E-state index is -4.27. The van der Waals surface area contributed by atoms with E-state index < -0.39 is 10.1 Å². The van der Waals surface area contributed by atoms with Gasteiger partial charge in [0.15, 0.2) is 0 Å². The van der Waals surface area contributed by atoms with E-state index in [1.807, 2.05) is 6.92 Å². The molecule has 2 aliphatic carbocycles. The van der Waals surface area contributed by atoms with E-state index >= 15 is 0 Å². The highest BCUT2D eigenvalue weighted by atomic mass is 35.5. The fraction of sp³-hybridized carbons (Fsp3) is 0.250. The second-order valence-electron chi connectivity index (χ2n) is 15.8. The van der Waals surface area contributed by atoms with E-state index in [9.17, 15) is 13.0 Å². The molecule has 8 rings (SSSR count). The fourth-order valence-corrected chi connectivity index (χ4v) is 9.59. The zero-order valence-corrected chi connectivity index (χ0v) is 33.7. The van der Waals surface area contributed by atoms with E-state index in [1.54, 1.807) is 12.1 Å². The number of benzene rings is 5. The summed E-state index contributed by atoms with van der Waals surface area (Å²) in [5.41, 5.74) is 12.8. The molecule has 0 N–H and O–H groups in total. The van der Waals surface area contributed by atoms with Crippen molar-refractivity contribution in [3.05, 3.63) is 171 Å². The lowest BCUT2D eigenvalue weighted by molar-refractivity contribution is 0.463. The number of rotatable bonds is 4. The second-order valence-corrected chi connectivity index (χ2v) is 17.5. The van der Waals surface area contributed by atoms with Crippen LogP contribution in [0.1, 0.15) is 76.1 Å². The lowest BCUT2D eigenvalue weighted by Crippen LogP contribution is -2.22. The Morgan fingerprint density at radius 3 is 1.98 bits per heavy atom. The Labute approximate surface area is 325 Å². The average Bonchev–Trinajstić information content (AvgIpc) is 3.47. The first-order chi connectivity index (χ1) is 25.6. The van der Waals surface area contributed by atoms with Gasteiger partial charge in [0.05, 0.1) is 4.90 Å². The van der Waals surface area contributed by atoms with Gasteiger partial charge in [-0.15, -0.1) is 0 Å². The van der Waals surface area contributed by atoms with E-state index in [4.69, 9.17) is 11.6 Å². The molecule has 0 saturated carbocycles. The number of nitrogens with zero attached hydrogens (tertiary/aromatic N) is 1. The standard InChI is InChI=1S/C41H40ClN.C7H8O3S/c1-26-31-22-18-27-12-7-9-16-32(27)37(31)40(2,3)34(26)23-19-29-14-11-15-30(39(29)42)21-25-36-41(4,5)38-33-17-10-8-13-28(33)20-24-35(38)43(36)6;1-6-2-4-7(5-3-6)11(8,9)10/h7-10,12-13,16-25H,11,14-15H2,1-6H3;2-5H,1H3,(H,8,9,10)/p-1/b23-19+,30-21?,36-25+;. The molecule has 5 aromatic rings. The maximum atomic E-state index is 10.4. The Balaban J connectivity index is 0.000000353. The molecule has 0 radical (unpaired) electrons. The van der Waals surface area contributed by atoms with Crippen LogP contribution in [0.15, 0.2) is 154 Å². The van der Waals surface area contributed by atoms with Crippen molar-refractivity contribution < 1.29 is 13.0 Å². The van der Waals surface area contributed by atoms with Crippen molar-refractivity contribution in [1.82, 2.24) is 0 Å². The molecule has 54 heavy (non-hydrogen) atoms. The van der Waals surface area contributed by atoms with Crippen LogP contribution < -0.4 is 4.90 Å². The molecule has 1 heterocycles. The van der Waals surface area contributed by atoms with Crippen molar-refractivity contribution in [1.29, 1.82) is 0 Å². The molecule has 0 saturated heterocycles. The first-order valence-electron chi connectivity index (χ1n) is 18.6. The monoisotopic (exact) mass is 752 g/mol. The first-order valence-corrected chi connectivity index (χ1v) is 20.4. The lowest BCUT2D eigenvalue weighted by atomic mass is 9.78. The Morgan fingerprint density at radius 1 is 0.722 bits per heavy atom. The Morgan fingerprint density at radius 2 is 1.33 bits per heavy atom. The number of halogens is 1. The van der Waals surface area contributed by atoms with Crippen LogP contribution >= 0.6 is 11.6 Å². The molecule has 0 atom stereocenters. The highest BCUT2D eigenvalue weighted by Gasteiger charge is 2.40. The minimum absolute atomic E-state index is 0.0701. The summed E-state index contributed by atoms with van der Waals surface area (Å²) in [4.78, 5) is 2.18. The molecule has 4 nitrogen and oxygen atoms in total. The van der Waals surface area contributed by atoms with Crippen LogP contribution in [-0.4, -0.2) is 20.0 Å². The maximum Gasteiger partial charge on any atom is 0.124 e. The van der Waals surface area contributed by atoms with Crippen molar-refractivity contribution >= 4 is 54.5 Å². The summed E-state index contributed by atoms with van der Waals surface area (Å²) in [7, 11) is -2.08. The van der Waals surface area contributed by atoms with E-state index in [0.717, 1.165) is 29.9 Å². The number of aryl methyl sites for hydroxylation is 1. The van der Waals surface area contributed by atoms with Gasteiger partial charge >= 0.3 is 0 Å². The summed E-state index contributed by atoms with van der Waals surface area (Å²) in [6, 6.07) is 32.4. The van der Waals surface area contributed by atoms with Gasteiger partial charge in [-0.2, -0.15) is 0 Å². The molecule has 1 aliphatic heterocycles. The van der Waals surface area contributed by atoms with Gasteiger partial charge in [-0.3, -0.25) is 0 Å². The van der Waals surface area contributed by atoms with Crippen molar-refractivity contribution in [2.24, 2.45) is 0 Å². The van der Waals surface area contributed by atoms with Gasteiger partial charge in [0.2, 0.25) is 0 Å². The molecule has 0 amide bonds. The van der Waals surface area contributed by atoms with Crippen LogP contribution in [0, 0.1) is 6.92 Å². The lowest BCUT2D eigenvalue weighted by Gasteiger charge is -2.25. The first kappa shape index (κ1) is 37.6. The van der Waals surface area contributed by atoms with Crippen molar-refractivity contribution in [3.8, 4) is 0 Å². The van der Waals surface area contributed by atoms with Crippen molar-refractivity contribution in [2.75, 3.05) is 11.9 Å². The number of hydrogen-bond donors (Lipinski definition) is 0. The Kier molecular flexibility index (Phi) is 9.89. The normalized spacial score (nSPS) is 19.2. The van der Waals surface area contributed by atoms with Gasteiger partial charge in [0.25, 0.3) is 0 Å². The third kappa shape index (κ3) is 6.68. The number of hydrogen-bond acceptors (Lipinski definition) is 4. The van der Waals surface area contributed by atoms with Crippen LogP contribution in [0.5, 0.6) is 0 Å². The van der Waals surface area contributed by atoms with E-state index in [-0.39, 0.29) is 15.7 Å². The minimum Gasteiger partial charge on any atom is -0.744 e. The van der Waals surface area contributed by atoms with Gasteiger partial charge in [-0.25, -0.2) is 8.42 Å². The molecule has 3 aliphatic rings. The summed E-state index contributed by atoms with van der Waals surface area (Å²) in [6.45, 7) is 13.5. The van der Waals surface area contributed by atoms with Crippen LogP contribution in [0.4, 0.5) is 5.69 Å². The zero-order valence-electron chi connectivity index (χ0n) is 32.1. The molecule has 0 unspecified atom stereocenters. The van der Waals surface area contributed by atoms with Crippen molar-refractivity contribution in [2.45, 2.75) is 76.5 Å². The summed E-state index contributed by atoms with van der Waals surface area (Å²) >= 11 is 7.17. The molecule has 0 bridgehead atoms. The highest BCUT2D eigenvalue weighted by molar-refractivity contribution is 7.85. The Bertz CT molecular complexity index is 2580. The van der Waals surface area contributed by atoms with Gasteiger partial charge in [-0.05, 0) is 118 Å². The topological polar surface area (TPSA) is 60.4 Å².